The molecule has 0 saturated carbocycles. The van der Waals surface area contributed by atoms with Crippen LogP contribution in [-0.4, -0.2) is 47.5 Å². The van der Waals surface area contributed by atoms with Gasteiger partial charge in [-0.1, -0.05) is 12.1 Å². The van der Waals surface area contributed by atoms with Crippen molar-refractivity contribution in [3.63, 3.8) is 0 Å². The van der Waals surface area contributed by atoms with Crippen molar-refractivity contribution in [2.45, 2.75) is 25.5 Å². The van der Waals surface area contributed by atoms with Gasteiger partial charge in [-0.3, -0.25) is 4.90 Å². The second kappa shape index (κ2) is 6.45. The third-order valence-corrected chi connectivity index (χ3v) is 3.21. The predicted octanol–water partition coefficient (Wildman–Crippen LogP) is 0.819. The van der Waals surface area contributed by atoms with Crippen LogP contribution in [0, 0.1) is 0 Å². The van der Waals surface area contributed by atoms with Crippen LogP contribution in [0.4, 0.5) is 10.5 Å². The number of carbonyl (C=O) groups excluding carboxylic acids is 1. The van der Waals surface area contributed by atoms with Gasteiger partial charge in [0, 0.05) is 6.54 Å². The Bertz CT molecular complexity index is 532. The normalized spacial score (nSPS) is 17.0. The second-order valence-electron chi connectivity index (χ2n) is 4.83. The van der Waals surface area contributed by atoms with Gasteiger partial charge in [-0.05, 0) is 25.5 Å². The van der Waals surface area contributed by atoms with E-state index in [1.165, 1.54) is 11.8 Å². The summed E-state index contributed by atoms with van der Waals surface area (Å²) in [5.74, 6) is -0.702. The second-order valence-corrected chi connectivity index (χ2v) is 4.83. The number of aliphatic hydroxyl groups is 1. The molecule has 0 unspecified atom stereocenters. The molecule has 2 amide bonds. The van der Waals surface area contributed by atoms with Crippen LogP contribution in [0.15, 0.2) is 24.3 Å². The molecule has 1 aromatic rings. The topological polar surface area (TPSA) is 99.1 Å². The lowest BCUT2D eigenvalue weighted by Gasteiger charge is -2.25. The van der Waals surface area contributed by atoms with Crippen molar-refractivity contribution in [3.05, 3.63) is 24.3 Å². The first-order chi connectivity index (χ1) is 10.0. The number of para-hydroxylation sites is 2. The van der Waals surface area contributed by atoms with Gasteiger partial charge in [-0.2, -0.15) is 0 Å². The Labute approximate surface area is 122 Å². The molecule has 0 fully saturated rings. The van der Waals surface area contributed by atoms with Crippen molar-refractivity contribution in [2.75, 3.05) is 18.1 Å². The summed E-state index contributed by atoms with van der Waals surface area (Å²) in [6, 6.07) is 5.14. The molecule has 1 aliphatic rings. The summed E-state index contributed by atoms with van der Waals surface area (Å²) >= 11 is 0. The van der Waals surface area contributed by atoms with Crippen LogP contribution in [0.1, 0.15) is 13.3 Å². The fourth-order valence-corrected chi connectivity index (χ4v) is 2.14. The van der Waals surface area contributed by atoms with E-state index in [1.807, 2.05) is 0 Å². The van der Waals surface area contributed by atoms with Gasteiger partial charge < -0.3 is 20.3 Å². The molecule has 0 aromatic heterocycles. The Morgan fingerprint density at radius 2 is 2.10 bits per heavy atom. The van der Waals surface area contributed by atoms with Crippen LogP contribution in [0.2, 0.25) is 0 Å². The zero-order valence-corrected chi connectivity index (χ0v) is 11.7. The Hall–Kier alpha value is -2.28. The number of aliphatic hydroxyl groups excluding tert-OH is 1. The zero-order chi connectivity index (χ0) is 15.4. The molecule has 0 aliphatic carbocycles. The Balaban J connectivity index is 2.20. The third-order valence-electron chi connectivity index (χ3n) is 3.21. The summed E-state index contributed by atoms with van der Waals surface area (Å²) in [7, 11) is 0. The van der Waals surface area contributed by atoms with Crippen LogP contribution in [-0.2, 0) is 4.79 Å². The number of nitrogens with zero attached hydrogens (tertiary/aromatic N) is 1. The summed E-state index contributed by atoms with van der Waals surface area (Å²) in [6.45, 7) is 2.22. The number of carbonyl (C=O) groups is 2. The minimum absolute atomic E-state index is 0.412. The molecule has 1 heterocycles. The van der Waals surface area contributed by atoms with E-state index in [9.17, 15) is 14.7 Å². The van der Waals surface area contributed by atoms with Crippen LogP contribution in [0.5, 0.6) is 5.75 Å². The van der Waals surface area contributed by atoms with Gasteiger partial charge in [-0.25, -0.2) is 9.59 Å². The van der Waals surface area contributed by atoms with Gasteiger partial charge in [-0.15, -0.1) is 0 Å². The number of carboxylic acids is 1. The van der Waals surface area contributed by atoms with Gasteiger partial charge in [0.25, 0.3) is 0 Å². The van der Waals surface area contributed by atoms with E-state index in [2.05, 4.69) is 5.32 Å². The van der Waals surface area contributed by atoms with E-state index in [0.717, 1.165) is 0 Å². The number of rotatable bonds is 3. The summed E-state index contributed by atoms with van der Waals surface area (Å²) in [5.41, 5.74) is 0.585. The number of ether oxygens (including phenoxy) is 1. The summed E-state index contributed by atoms with van der Waals surface area (Å²) < 4.78 is 5.54. The SMILES string of the molecule is C[C@@H](O)[C@H](NC(=O)N1CCCOc2ccccc21)C(=O)O. The number of fused-ring (bicyclic) bond motifs is 1. The van der Waals surface area contributed by atoms with E-state index >= 15 is 0 Å². The highest BCUT2D eigenvalue weighted by atomic mass is 16.5. The molecule has 1 aromatic carbocycles. The number of carboxylic acid groups (broad SMARTS) is 1. The van der Waals surface area contributed by atoms with E-state index in [4.69, 9.17) is 9.84 Å². The molecule has 2 atom stereocenters. The smallest absolute Gasteiger partial charge is 0.328 e. The fourth-order valence-electron chi connectivity index (χ4n) is 2.14. The first-order valence-corrected chi connectivity index (χ1v) is 6.71. The third kappa shape index (κ3) is 3.43. The van der Waals surface area contributed by atoms with Gasteiger partial charge in [0.15, 0.2) is 6.04 Å². The molecule has 0 radical (unpaired) electrons. The maximum Gasteiger partial charge on any atom is 0.328 e. The molecule has 7 heteroatoms. The molecular weight excluding hydrogens is 276 g/mol. The number of urea groups is 1. The molecule has 2 rings (SSSR count). The van der Waals surface area contributed by atoms with Crippen molar-refractivity contribution in [2.24, 2.45) is 0 Å². The number of nitrogens with one attached hydrogen (secondary N) is 1. The lowest BCUT2D eigenvalue weighted by Crippen LogP contribution is -2.52. The highest BCUT2D eigenvalue weighted by Crippen LogP contribution is 2.30. The number of hydrogen-bond donors (Lipinski definition) is 3. The molecule has 1 aliphatic heterocycles. The highest BCUT2D eigenvalue weighted by molar-refractivity contribution is 5.96. The maximum atomic E-state index is 12.3. The first kappa shape index (κ1) is 15.1. The van der Waals surface area contributed by atoms with Gasteiger partial charge in [0.05, 0.1) is 18.4 Å². The van der Waals surface area contributed by atoms with Crippen molar-refractivity contribution >= 4 is 17.7 Å². The Morgan fingerprint density at radius 3 is 2.76 bits per heavy atom. The lowest BCUT2D eigenvalue weighted by atomic mass is 10.2. The predicted molar refractivity (Wildman–Crippen MR) is 75.5 cm³/mol. The van der Waals surface area contributed by atoms with Crippen LogP contribution >= 0.6 is 0 Å². The molecule has 0 spiro atoms. The van der Waals surface area contributed by atoms with Crippen molar-refractivity contribution < 1.29 is 24.5 Å². The molecule has 7 nitrogen and oxygen atoms in total. The van der Waals surface area contributed by atoms with Crippen LogP contribution in [0.3, 0.4) is 0 Å². The minimum Gasteiger partial charge on any atom is -0.491 e. The largest absolute Gasteiger partial charge is 0.491 e. The number of benzene rings is 1. The number of anilines is 1. The van der Waals surface area contributed by atoms with E-state index in [1.54, 1.807) is 24.3 Å². The quantitative estimate of drug-likeness (QED) is 0.766. The first-order valence-electron chi connectivity index (χ1n) is 6.71. The average Bonchev–Trinajstić information content (AvgIpc) is 2.66. The van der Waals surface area contributed by atoms with Gasteiger partial charge >= 0.3 is 12.0 Å². The minimum atomic E-state index is -1.35. The van der Waals surface area contributed by atoms with Gasteiger partial charge in [0.2, 0.25) is 0 Å². The zero-order valence-electron chi connectivity index (χ0n) is 11.7. The summed E-state index contributed by atoms with van der Waals surface area (Å²) in [4.78, 5) is 24.8. The lowest BCUT2D eigenvalue weighted by molar-refractivity contribution is -0.141. The molecule has 0 saturated heterocycles. The summed E-state index contributed by atoms with van der Waals surface area (Å²) in [5, 5.41) is 20.8. The fraction of sp³-hybridized carbons (Fsp3) is 0.429. The van der Waals surface area contributed by atoms with E-state index in [0.29, 0.717) is 31.0 Å². The molecule has 21 heavy (non-hydrogen) atoms. The number of hydrogen-bond acceptors (Lipinski definition) is 4. The molecule has 3 N–H and O–H groups in total. The van der Waals surface area contributed by atoms with Crippen molar-refractivity contribution in [1.82, 2.24) is 5.32 Å². The maximum absolute atomic E-state index is 12.3. The Morgan fingerprint density at radius 1 is 1.38 bits per heavy atom. The molecular formula is C14H18N2O5. The Kier molecular flexibility index (Phi) is 4.64. The monoisotopic (exact) mass is 294 g/mol. The van der Waals surface area contributed by atoms with Crippen molar-refractivity contribution in [3.8, 4) is 5.75 Å². The molecule has 114 valence electrons. The van der Waals surface area contributed by atoms with Crippen molar-refractivity contribution in [1.29, 1.82) is 0 Å². The molecule has 0 bridgehead atoms. The number of amides is 2. The summed E-state index contributed by atoms with van der Waals surface area (Å²) in [6.07, 6.45) is -0.556. The van der Waals surface area contributed by atoms with Crippen LogP contribution < -0.4 is 15.0 Å². The van der Waals surface area contributed by atoms with Crippen LogP contribution in [0.25, 0.3) is 0 Å². The van der Waals surface area contributed by atoms with Gasteiger partial charge in [0.1, 0.15) is 5.75 Å². The number of aliphatic carboxylic acids is 1. The average molecular weight is 294 g/mol. The standard InChI is InChI=1S/C14H18N2O5/c1-9(17)12(13(18)19)15-14(20)16-7-4-8-21-11-6-3-2-5-10(11)16/h2-3,5-6,9,12,17H,4,7-8H2,1H3,(H,15,20)(H,18,19)/t9-,12+/m1/s1. The van der Waals surface area contributed by atoms with E-state index in [-0.39, 0.29) is 0 Å². The van der Waals surface area contributed by atoms with E-state index < -0.39 is 24.1 Å². The highest BCUT2D eigenvalue weighted by Gasteiger charge is 2.29.